The number of thioether (sulfide) groups is 1. The summed E-state index contributed by atoms with van der Waals surface area (Å²) in [4.78, 5) is 22.7. The number of H-pyrrole nitrogens is 1. The maximum absolute atomic E-state index is 12.7. The van der Waals surface area contributed by atoms with Crippen LogP contribution in [0.2, 0.25) is 0 Å². The Morgan fingerprint density at radius 3 is 2.88 bits per heavy atom. The van der Waals surface area contributed by atoms with Gasteiger partial charge in [0, 0.05) is 10.1 Å². The molecule has 0 saturated carbocycles. The molecule has 1 aliphatic rings. The van der Waals surface area contributed by atoms with Gasteiger partial charge >= 0.3 is 0 Å². The second kappa shape index (κ2) is 7.18. The SMILES string of the molecule is C=CCC(Sc1nc2sc3c(c2c(=O)[nH]1)CCCC3)c1ccccc1. The number of hydrogen-bond acceptors (Lipinski definition) is 4. The third kappa shape index (κ3) is 3.31. The van der Waals surface area contributed by atoms with E-state index in [2.05, 4.69) is 23.7 Å². The Kier molecular flexibility index (Phi) is 4.77. The molecule has 3 aromatic rings. The van der Waals surface area contributed by atoms with Crippen molar-refractivity contribution in [3.05, 3.63) is 69.3 Å². The molecule has 5 heteroatoms. The lowest BCUT2D eigenvalue weighted by Crippen LogP contribution is -2.11. The Labute approximate surface area is 155 Å². The Balaban J connectivity index is 1.71. The molecule has 3 nitrogen and oxygen atoms in total. The normalized spacial score (nSPS) is 15.0. The molecule has 0 radical (unpaired) electrons. The molecule has 128 valence electrons. The molecule has 0 amide bonds. The third-order valence-electron chi connectivity index (χ3n) is 4.61. The van der Waals surface area contributed by atoms with Crippen molar-refractivity contribution in [2.24, 2.45) is 0 Å². The van der Waals surface area contributed by atoms with Crippen molar-refractivity contribution >= 4 is 33.3 Å². The number of benzene rings is 1. The van der Waals surface area contributed by atoms with Crippen LogP contribution in [0.1, 0.15) is 40.5 Å². The van der Waals surface area contributed by atoms with Gasteiger partial charge in [-0.25, -0.2) is 4.98 Å². The number of aryl methyl sites for hydroxylation is 2. The first-order valence-corrected chi connectivity index (χ1v) is 10.3. The predicted molar refractivity (Wildman–Crippen MR) is 107 cm³/mol. The van der Waals surface area contributed by atoms with Crippen molar-refractivity contribution in [1.82, 2.24) is 9.97 Å². The van der Waals surface area contributed by atoms with E-state index >= 15 is 0 Å². The highest BCUT2D eigenvalue weighted by Gasteiger charge is 2.21. The number of aromatic nitrogens is 2. The van der Waals surface area contributed by atoms with E-state index in [1.807, 2.05) is 24.3 Å². The molecule has 0 fully saturated rings. The number of nitrogens with zero attached hydrogens (tertiary/aromatic N) is 1. The van der Waals surface area contributed by atoms with Crippen molar-refractivity contribution in [2.45, 2.75) is 42.5 Å². The lowest BCUT2D eigenvalue weighted by atomic mass is 9.97. The molecule has 1 atom stereocenters. The first-order chi connectivity index (χ1) is 12.3. The van der Waals surface area contributed by atoms with Crippen LogP contribution in [0.4, 0.5) is 0 Å². The Morgan fingerprint density at radius 1 is 1.28 bits per heavy atom. The molecule has 2 heterocycles. The van der Waals surface area contributed by atoms with Gasteiger partial charge < -0.3 is 4.98 Å². The van der Waals surface area contributed by atoms with Gasteiger partial charge in [-0.1, -0.05) is 48.2 Å². The summed E-state index contributed by atoms with van der Waals surface area (Å²) < 4.78 is 0. The highest BCUT2D eigenvalue weighted by molar-refractivity contribution is 7.99. The first kappa shape index (κ1) is 16.6. The van der Waals surface area contributed by atoms with E-state index in [1.165, 1.54) is 28.8 Å². The number of hydrogen-bond donors (Lipinski definition) is 1. The van der Waals surface area contributed by atoms with Crippen molar-refractivity contribution in [2.75, 3.05) is 0 Å². The average Bonchev–Trinajstić information content (AvgIpc) is 3.01. The van der Waals surface area contributed by atoms with Crippen LogP contribution in [-0.2, 0) is 12.8 Å². The summed E-state index contributed by atoms with van der Waals surface area (Å²) in [5.74, 6) is 0. The molecule has 1 aliphatic carbocycles. The largest absolute Gasteiger partial charge is 0.301 e. The Morgan fingerprint density at radius 2 is 2.08 bits per heavy atom. The van der Waals surface area contributed by atoms with Crippen LogP contribution in [0.15, 0.2) is 52.9 Å². The van der Waals surface area contributed by atoms with Gasteiger partial charge in [0.05, 0.1) is 5.39 Å². The number of rotatable bonds is 5. The van der Waals surface area contributed by atoms with E-state index in [-0.39, 0.29) is 10.8 Å². The number of fused-ring (bicyclic) bond motifs is 3. The van der Waals surface area contributed by atoms with E-state index < -0.39 is 0 Å². The standard InChI is InChI=1S/C20H20N2OS2/c1-2-8-15(13-9-4-3-5-10-13)25-20-21-18(23)17-14-11-6-7-12-16(14)24-19(17)22-20/h2-5,9-10,15H,1,6-8,11-12H2,(H,21,22,23). The zero-order valence-electron chi connectivity index (χ0n) is 14.0. The van der Waals surface area contributed by atoms with Gasteiger partial charge in [0.25, 0.3) is 5.56 Å². The first-order valence-electron chi connectivity index (χ1n) is 8.63. The van der Waals surface area contributed by atoms with E-state index in [0.29, 0.717) is 5.16 Å². The van der Waals surface area contributed by atoms with Gasteiger partial charge in [0.1, 0.15) is 4.83 Å². The van der Waals surface area contributed by atoms with Gasteiger partial charge in [-0.15, -0.1) is 17.9 Å². The van der Waals surface area contributed by atoms with Crippen LogP contribution in [0.25, 0.3) is 10.2 Å². The molecule has 0 spiro atoms. The van der Waals surface area contributed by atoms with Crippen molar-refractivity contribution < 1.29 is 0 Å². The van der Waals surface area contributed by atoms with Crippen molar-refractivity contribution in [3.8, 4) is 0 Å². The molecular weight excluding hydrogens is 348 g/mol. The summed E-state index contributed by atoms with van der Waals surface area (Å²) in [6.07, 6.45) is 7.23. The quantitative estimate of drug-likeness (QED) is 0.379. The van der Waals surface area contributed by atoms with E-state index in [1.54, 1.807) is 23.1 Å². The average molecular weight is 369 g/mol. The maximum atomic E-state index is 12.7. The minimum absolute atomic E-state index is 0.0114. The lowest BCUT2D eigenvalue weighted by molar-refractivity contribution is 0.700. The topological polar surface area (TPSA) is 45.8 Å². The summed E-state index contributed by atoms with van der Waals surface area (Å²) in [7, 11) is 0. The molecule has 1 unspecified atom stereocenters. The number of aromatic amines is 1. The number of allylic oxidation sites excluding steroid dienone is 1. The maximum Gasteiger partial charge on any atom is 0.260 e. The molecule has 4 rings (SSSR count). The van der Waals surface area contributed by atoms with E-state index in [0.717, 1.165) is 29.5 Å². The number of thiophene rings is 1. The fourth-order valence-electron chi connectivity index (χ4n) is 3.41. The summed E-state index contributed by atoms with van der Waals surface area (Å²) in [6, 6.07) is 10.3. The molecule has 25 heavy (non-hydrogen) atoms. The van der Waals surface area contributed by atoms with Crippen LogP contribution in [0, 0.1) is 0 Å². The lowest BCUT2D eigenvalue weighted by Gasteiger charge is -2.14. The van der Waals surface area contributed by atoms with Gasteiger partial charge in [0.15, 0.2) is 5.16 Å². The minimum Gasteiger partial charge on any atom is -0.301 e. The molecule has 0 aliphatic heterocycles. The van der Waals surface area contributed by atoms with E-state index in [9.17, 15) is 4.79 Å². The second-order valence-electron chi connectivity index (χ2n) is 6.30. The smallest absolute Gasteiger partial charge is 0.260 e. The summed E-state index contributed by atoms with van der Waals surface area (Å²) in [5, 5.41) is 1.73. The van der Waals surface area contributed by atoms with Gasteiger partial charge in [-0.2, -0.15) is 0 Å². The molecule has 1 aromatic carbocycles. The Bertz CT molecular complexity index is 959. The van der Waals surface area contributed by atoms with Gasteiger partial charge in [-0.05, 0) is 43.2 Å². The van der Waals surface area contributed by atoms with Crippen molar-refractivity contribution in [3.63, 3.8) is 0 Å². The van der Waals surface area contributed by atoms with Crippen molar-refractivity contribution in [1.29, 1.82) is 0 Å². The van der Waals surface area contributed by atoms with Gasteiger partial charge in [-0.3, -0.25) is 4.79 Å². The fraction of sp³-hybridized carbons (Fsp3) is 0.300. The van der Waals surface area contributed by atoms with Crippen LogP contribution >= 0.6 is 23.1 Å². The summed E-state index contributed by atoms with van der Waals surface area (Å²) in [5.41, 5.74) is 2.47. The summed E-state index contributed by atoms with van der Waals surface area (Å²) >= 11 is 3.31. The second-order valence-corrected chi connectivity index (χ2v) is 8.58. The zero-order valence-corrected chi connectivity index (χ0v) is 15.6. The highest BCUT2D eigenvalue weighted by atomic mass is 32.2. The van der Waals surface area contributed by atoms with Crippen LogP contribution < -0.4 is 5.56 Å². The molecular formula is C20H20N2OS2. The summed E-state index contributed by atoms with van der Waals surface area (Å²) in [6.45, 7) is 3.88. The zero-order chi connectivity index (χ0) is 17.2. The fourth-order valence-corrected chi connectivity index (χ4v) is 5.82. The van der Waals surface area contributed by atoms with E-state index in [4.69, 9.17) is 4.98 Å². The molecule has 2 aromatic heterocycles. The third-order valence-corrected chi connectivity index (χ3v) is 6.96. The highest BCUT2D eigenvalue weighted by Crippen LogP contribution is 2.38. The minimum atomic E-state index is 0.0114. The Hall–Kier alpha value is -1.85. The molecule has 1 N–H and O–H groups in total. The van der Waals surface area contributed by atoms with Gasteiger partial charge in [0.2, 0.25) is 0 Å². The molecule has 0 saturated heterocycles. The monoisotopic (exact) mass is 368 g/mol. The van der Waals surface area contributed by atoms with Crippen LogP contribution in [0.5, 0.6) is 0 Å². The number of nitrogens with one attached hydrogen (secondary N) is 1. The van der Waals surface area contributed by atoms with Crippen LogP contribution in [-0.4, -0.2) is 9.97 Å². The predicted octanol–water partition coefficient (Wildman–Crippen LogP) is 5.27. The van der Waals surface area contributed by atoms with Crippen LogP contribution in [0.3, 0.4) is 0 Å². The molecule has 0 bridgehead atoms.